The van der Waals surface area contributed by atoms with E-state index in [0.29, 0.717) is 21.9 Å². The Hall–Kier alpha value is -3.20. The van der Waals surface area contributed by atoms with E-state index < -0.39 is 23.6 Å². The van der Waals surface area contributed by atoms with Crippen LogP contribution in [0.1, 0.15) is 39.4 Å². The number of rotatable bonds is 6. The SMILES string of the molecule is CCn1cc(-c2c(Cl)cc(F)cc2C2CN(C(=O)/C=C/CN(C)C)Cc3sc(C#N)cc32)c(C(F)(F)F)n1. The molecule has 0 saturated carbocycles. The second-order valence-electron chi connectivity index (χ2n) is 9.13. The maximum Gasteiger partial charge on any atom is 0.435 e. The summed E-state index contributed by atoms with van der Waals surface area (Å²) in [5.41, 5.74) is -0.557. The quantitative estimate of drug-likeness (QED) is 0.275. The van der Waals surface area contributed by atoms with Gasteiger partial charge in [0.15, 0.2) is 5.69 Å². The molecule has 0 aliphatic carbocycles. The third-order valence-corrected chi connectivity index (χ3v) is 7.53. The molecule has 1 aliphatic heterocycles. The number of alkyl halides is 3. The third kappa shape index (κ3) is 5.62. The average Bonchev–Trinajstić information content (AvgIpc) is 3.46. The molecule has 2 aromatic heterocycles. The lowest BCUT2D eigenvalue weighted by Gasteiger charge is -2.33. The molecule has 4 rings (SSSR count). The molecule has 0 fully saturated rings. The van der Waals surface area contributed by atoms with Gasteiger partial charge in [-0.2, -0.15) is 23.5 Å². The molecule has 200 valence electrons. The monoisotopic (exact) mass is 565 g/mol. The van der Waals surface area contributed by atoms with Gasteiger partial charge in [-0.05, 0) is 50.3 Å². The molecule has 0 radical (unpaired) electrons. The van der Waals surface area contributed by atoms with E-state index in [0.717, 1.165) is 16.8 Å². The topological polar surface area (TPSA) is 65.2 Å². The summed E-state index contributed by atoms with van der Waals surface area (Å²) in [5, 5.41) is 13.0. The minimum Gasteiger partial charge on any atom is -0.333 e. The first kappa shape index (κ1) is 27.8. The molecule has 1 amide bonds. The molecule has 1 unspecified atom stereocenters. The van der Waals surface area contributed by atoms with Crippen LogP contribution in [-0.2, 0) is 24.1 Å². The zero-order valence-corrected chi connectivity index (χ0v) is 22.4. The number of amides is 1. The minimum atomic E-state index is -4.78. The van der Waals surface area contributed by atoms with Crippen LogP contribution in [0, 0.1) is 17.1 Å². The first-order chi connectivity index (χ1) is 17.9. The van der Waals surface area contributed by atoms with Gasteiger partial charge in [0, 0.05) is 53.8 Å². The fourth-order valence-electron chi connectivity index (χ4n) is 4.50. The van der Waals surface area contributed by atoms with Crippen molar-refractivity contribution in [2.45, 2.75) is 32.1 Å². The van der Waals surface area contributed by atoms with Crippen molar-refractivity contribution in [3.8, 4) is 17.2 Å². The van der Waals surface area contributed by atoms with Crippen LogP contribution in [0.2, 0.25) is 5.02 Å². The van der Waals surface area contributed by atoms with Gasteiger partial charge in [-0.3, -0.25) is 9.48 Å². The highest BCUT2D eigenvalue weighted by molar-refractivity contribution is 7.12. The molecular formula is C26H24ClF4N5OS. The number of carbonyl (C=O) groups is 1. The van der Waals surface area contributed by atoms with Gasteiger partial charge in [-0.1, -0.05) is 17.7 Å². The number of likely N-dealkylation sites (N-methyl/N-ethyl adjacent to an activating group) is 1. The molecule has 0 bridgehead atoms. The van der Waals surface area contributed by atoms with E-state index in [1.165, 1.54) is 23.6 Å². The molecule has 38 heavy (non-hydrogen) atoms. The maximum absolute atomic E-state index is 14.8. The van der Waals surface area contributed by atoms with Gasteiger partial charge < -0.3 is 9.80 Å². The number of aromatic nitrogens is 2. The molecular weight excluding hydrogens is 542 g/mol. The van der Waals surface area contributed by atoms with E-state index in [9.17, 15) is 27.6 Å². The summed E-state index contributed by atoms with van der Waals surface area (Å²) in [6, 6.07) is 5.86. The lowest BCUT2D eigenvalue weighted by molar-refractivity contribution is -0.141. The Labute approximate surface area is 226 Å². The zero-order valence-electron chi connectivity index (χ0n) is 20.8. The highest BCUT2D eigenvalue weighted by Gasteiger charge is 2.40. The number of nitrogens with zero attached hydrogens (tertiary/aromatic N) is 5. The number of nitriles is 1. The summed E-state index contributed by atoms with van der Waals surface area (Å²) in [6.07, 6.45) is -0.386. The lowest BCUT2D eigenvalue weighted by atomic mass is 9.83. The molecule has 3 heterocycles. The van der Waals surface area contributed by atoms with Crippen molar-refractivity contribution >= 4 is 28.8 Å². The van der Waals surface area contributed by atoms with Gasteiger partial charge in [0.05, 0.1) is 11.6 Å². The number of aryl methyl sites for hydroxylation is 1. The summed E-state index contributed by atoms with van der Waals surface area (Å²) in [5.74, 6) is -1.75. The van der Waals surface area contributed by atoms with Crippen LogP contribution in [0.5, 0.6) is 0 Å². The smallest absolute Gasteiger partial charge is 0.333 e. The summed E-state index contributed by atoms with van der Waals surface area (Å²) in [6.45, 7) is 2.66. The van der Waals surface area contributed by atoms with Crippen LogP contribution < -0.4 is 0 Å². The Balaban J connectivity index is 1.90. The van der Waals surface area contributed by atoms with Crippen molar-refractivity contribution in [3.63, 3.8) is 0 Å². The van der Waals surface area contributed by atoms with Crippen molar-refractivity contribution in [2.24, 2.45) is 0 Å². The number of halogens is 5. The van der Waals surface area contributed by atoms with Gasteiger partial charge in [0.25, 0.3) is 0 Å². The molecule has 0 saturated heterocycles. The Morgan fingerprint density at radius 3 is 2.68 bits per heavy atom. The van der Waals surface area contributed by atoms with E-state index in [1.807, 2.05) is 19.0 Å². The van der Waals surface area contributed by atoms with Crippen molar-refractivity contribution in [3.05, 3.63) is 74.0 Å². The predicted octanol–water partition coefficient (Wildman–Crippen LogP) is 5.91. The first-order valence-electron chi connectivity index (χ1n) is 11.7. The van der Waals surface area contributed by atoms with Gasteiger partial charge >= 0.3 is 6.18 Å². The van der Waals surface area contributed by atoms with E-state index in [1.54, 1.807) is 24.0 Å². The number of hydrogen-bond acceptors (Lipinski definition) is 5. The van der Waals surface area contributed by atoms with Gasteiger partial charge in [0.1, 0.15) is 16.8 Å². The summed E-state index contributed by atoms with van der Waals surface area (Å²) < 4.78 is 57.9. The lowest BCUT2D eigenvalue weighted by Crippen LogP contribution is -2.37. The van der Waals surface area contributed by atoms with Crippen molar-refractivity contribution in [1.82, 2.24) is 19.6 Å². The largest absolute Gasteiger partial charge is 0.435 e. The van der Waals surface area contributed by atoms with Crippen LogP contribution >= 0.6 is 22.9 Å². The van der Waals surface area contributed by atoms with Crippen molar-refractivity contribution in [2.75, 3.05) is 27.2 Å². The molecule has 12 heteroatoms. The number of thiophene rings is 1. The molecule has 1 aromatic carbocycles. The highest BCUT2D eigenvalue weighted by Crippen LogP contribution is 2.46. The predicted molar refractivity (Wildman–Crippen MR) is 137 cm³/mol. The van der Waals surface area contributed by atoms with E-state index >= 15 is 0 Å². The number of benzene rings is 1. The average molecular weight is 566 g/mol. The Bertz CT molecular complexity index is 1440. The van der Waals surface area contributed by atoms with Gasteiger partial charge in [-0.25, -0.2) is 4.39 Å². The molecule has 6 nitrogen and oxygen atoms in total. The second kappa shape index (κ2) is 10.9. The van der Waals surface area contributed by atoms with Crippen LogP contribution in [0.4, 0.5) is 17.6 Å². The molecule has 1 atom stereocenters. The normalized spacial score (nSPS) is 15.8. The second-order valence-corrected chi connectivity index (χ2v) is 10.7. The first-order valence-corrected chi connectivity index (χ1v) is 12.9. The number of hydrogen-bond donors (Lipinski definition) is 0. The number of fused-ring (bicyclic) bond motifs is 1. The van der Waals surface area contributed by atoms with Crippen LogP contribution in [-0.4, -0.2) is 52.7 Å². The third-order valence-electron chi connectivity index (χ3n) is 6.19. The minimum absolute atomic E-state index is 0.00167. The van der Waals surface area contributed by atoms with E-state index in [4.69, 9.17) is 11.6 Å². The number of carbonyl (C=O) groups excluding carboxylic acids is 1. The van der Waals surface area contributed by atoms with Gasteiger partial charge in [0.2, 0.25) is 5.91 Å². The van der Waals surface area contributed by atoms with Gasteiger partial charge in [-0.15, -0.1) is 11.3 Å². The molecule has 1 aliphatic rings. The molecule has 0 N–H and O–H groups in total. The summed E-state index contributed by atoms with van der Waals surface area (Å²) in [4.78, 5) is 17.6. The van der Waals surface area contributed by atoms with E-state index in [2.05, 4.69) is 11.2 Å². The van der Waals surface area contributed by atoms with Crippen molar-refractivity contribution < 1.29 is 22.4 Å². The Kier molecular flexibility index (Phi) is 7.97. The maximum atomic E-state index is 14.8. The van der Waals surface area contributed by atoms with Crippen LogP contribution in [0.15, 0.2) is 36.5 Å². The van der Waals surface area contributed by atoms with E-state index in [-0.39, 0.29) is 47.3 Å². The highest BCUT2D eigenvalue weighted by atomic mass is 35.5. The summed E-state index contributed by atoms with van der Waals surface area (Å²) >= 11 is 7.63. The zero-order chi connectivity index (χ0) is 27.8. The fourth-order valence-corrected chi connectivity index (χ4v) is 5.86. The van der Waals surface area contributed by atoms with Crippen LogP contribution in [0.3, 0.4) is 0 Å². The van der Waals surface area contributed by atoms with Crippen molar-refractivity contribution in [1.29, 1.82) is 5.26 Å². The Morgan fingerprint density at radius 2 is 2.05 bits per heavy atom. The summed E-state index contributed by atoms with van der Waals surface area (Å²) in [7, 11) is 3.72. The van der Waals surface area contributed by atoms with Crippen LogP contribution in [0.25, 0.3) is 11.1 Å². The Morgan fingerprint density at radius 1 is 1.32 bits per heavy atom. The molecule has 0 spiro atoms. The fraction of sp³-hybridized carbons (Fsp3) is 0.346. The standard InChI is InChI=1S/C26H24ClF4N5OS/c1-4-36-13-20(25(33-36)26(29,30)31)24-18(8-15(28)9-21(24)27)19-12-35(23(37)6-5-7-34(2)3)14-22-17(19)10-16(11-32)38-22/h5-6,8-10,13,19H,4,7,12,14H2,1-3H3/b6-5+. The molecule has 3 aromatic rings.